The van der Waals surface area contributed by atoms with Crippen LogP contribution in [0.1, 0.15) is 41.0 Å². The summed E-state index contributed by atoms with van der Waals surface area (Å²) in [5.74, 6) is -0.236. The van der Waals surface area contributed by atoms with Gasteiger partial charge in [0.05, 0.1) is 11.6 Å². The van der Waals surface area contributed by atoms with E-state index in [0.29, 0.717) is 31.9 Å². The molecule has 156 valence electrons. The molecule has 7 nitrogen and oxygen atoms in total. The average Bonchev–Trinajstić information content (AvgIpc) is 3.35. The molecule has 0 radical (unpaired) electrons. The van der Waals surface area contributed by atoms with Crippen LogP contribution in [0.5, 0.6) is 0 Å². The number of benzene rings is 1. The lowest BCUT2D eigenvalue weighted by Gasteiger charge is -2.31. The molecule has 1 aromatic heterocycles. The molecule has 1 aliphatic carbocycles. The molecule has 2 heterocycles. The van der Waals surface area contributed by atoms with Crippen molar-refractivity contribution in [2.45, 2.75) is 32.1 Å². The zero-order valence-corrected chi connectivity index (χ0v) is 17.3. The summed E-state index contributed by atoms with van der Waals surface area (Å²) in [6.07, 6.45) is 4.50. The number of likely N-dealkylation sites (tertiary alicyclic amines) is 1. The number of rotatable bonds is 5. The molecule has 0 bridgehead atoms. The van der Waals surface area contributed by atoms with Gasteiger partial charge in [0.15, 0.2) is 5.69 Å². The molecule has 1 aromatic carbocycles. The molecular weight excluding hydrogens is 390 g/mol. The van der Waals surface area contributed by atoms with Crippen LogP contribution in [0.15, 0.2) is 30.3 Å². The number of aromatic nitrogens is 2. The number of nitrogens with two attached hydrogens (primary N) is 1. The Balaban J connectivity index is 0.00000240. The van der Waals surface area contributed by atoms with Gasteiger partial charge in [0, 0.05) is 37.4 Å². The largest absolute Gasteiger partial charge is 0.355 e. The second-order valence-corrected chi connectivity index (χ2v) is 7.54. The zero-order valence-electron chi connectivity index (χ0n) is 16.5. The molecule has 1 atom stereocenters. The number of amides is 2. The highest BCUT2D eigenvalue weighted by atomic mass is 35.5. The van der Waals surface area contributed by atoms with Gasteiger partial charge in [-0.1, -0.05) is 18.2 Å². The number of piperidine rings is 1. The van der Waals surface area contributed by atoms with E-state index in [1.807, 2.05) is 35.0 Å². The van der Waals surface area contributed by atoms with Crippen molar-refractivity contribution >= 4 is 24.2 Å². The van der Waals surface area contributed by atoms with E-state index in [0.717, 1.165) is 49.0 Å². The van der Waals surface area contributed by atoms with Gasteiger partial charge in [0.25, 0.3) is 5.91 Å². The van der Waals surface area contributed by atoms with Crippen LogP contribution >= 0.6 is 12.4 Å². The highest BCUT2D eigenvalue weighted by Crippen LogP contribution is 2.29. The number of hydrogen-bond acceptors (Lipinski definition) is 4. The molecule has 3 N–H and O–H groups in total. The van der Waals surface area contributed by atoms with E-state index in [1.54, 1.807) is 4.90 Å². The van der Waals surface area contributed by atoms with Crippen LogP contribution < -0.4 is 11.1 Å². The van der Waals surface area contributed by atoms with Crippen molar-refractivity contribution in [2.24, 2.45) is 11.7 Å². The maximum atomic E-state index is 13.3. The van der Waals surface area contributed by atoms with Crippen molar-refractivity contribution in [1.82, 2.24) is 20.0 Å². The van der Waals surface area contributed by atoms with E-state index in [1.165, 1.54) is 0 Å². The predicted octanol–water partition coefficient (Wildman–Crippen LogP) is 1.71. The number of fused-ring (bicyclic) bond motifs is 1. The summed E-state index contributed by atoms with van der Waals surface area (Å²) in [5.41, 5.74) is 9.22. The Bertz CT molecular complexity index is 867. The summed E-state index contributed by atoms with van der Waals surface area (Å²) < 4.78 is 1.92. The summed E-state index contributed by atoms with van der Waals surface area (Å²) in [7, 11) is 0. The Morgan fingerprint density at radius 1 is 1.17 bits per heavy atom. The highest BCUT2D eigenvalue weighted by molar-refractivity contribution is 5.95. The Kier molecular flexibility index (Phi) is 6.92. The van der Waals surface area contributed by atoms with E-state index in [9.17, 15) is 9.59 Å². The zero-order chi connectivity index (χ0) is 19.5. The Labute approximate surface area is 177 Å². The molecule has 2 aliphatic rings. The molecular formula is C21H28ClN5O2. The molecule has 1 fully saturated rings. The van der Waals surface area contributed by atoms with Gasteiger partial charge in [-0.15, -0.1) is 12.4 Å². The molecule has 29 heavy (non-hydrogen) atoms. The number of hydrogen-bond donors (Lipinski definition) is 2. The minimum Gasteiger partial charge on any atom is -0.355 e. The van der Waals surface area contributed by atoms with Gasteiger partial charge in [-0.3, -0.25) is 9.59 Å². The van der Waals surface area contributed by atoms with Gasteiger partial charge in [-0.2, -0.15) is 5.10 Å². The minimum absolute atomic E-state index is 0. The van der Waals surface area contributed by atoms with Crippen molar-refractivity contribution in [1.29, 1.82) is 0 Å². The maximum Gasteiger partial charge on any atom is 0.274 e. The van der Waals surface area contributed by atoms with Crippen LogP contribution in [0, 0.1) is 5.92 Å². The molecule has 2 amide bonds. The Morgan fingerprint density at radius 2 is 1.97 bits per heavy atom. The SMILES string of the molecule is Cl.NCCNC(=O)C1CCCN(C(=O)c2nn(-c3ccccc3)c3c2CCC3)C1. The van der Waals surface area contributed by atoms with Crippen molar-refractivity contribution in [3.8, 4) is 5.69 Å². The first kappa shape index (κ1) is 21.3. The Morgan fingerprint density at radius 3 is 2.72 bits per heavy atom. The third-order valence-corrected chi connectivity index (χ3v) is 5.66. The number of para-hydroxylation sites is 1. The summed E-state index contributed by atoms with van der Waals surface area (Å²) >= 11 is 0. The van der Waals surface area contributed by atoms with Crippen LogP contribution in [0.25, 0.3) is 5.69 Å². The molecule has 0 saturated carbocycles. The summed E-state index contributed by atoms with van der Waals surface area (Å²) in [6, 6.07) is 9.96. The van der Waals surface area contributed by atoms with Gasteiger partial charge < -0.3 is 16.0 Å². The topological polar surface area (TPSA) is 93.2 Å². The predicted molar refractivity (Wildman–Crippen MR) is 114 cm³/mol. The smallest absolute Gasteiger partial charge is 0.274 e. The first-order valence-electron chi connectivity index (χ1n) is 10.1. The highest BCUT2D eigenvalue weighted by Gasteiger charge is 2.33. The van der Waals surface area contributed by atoms with E-state index >= 15 is 0 Å². The van der Waals surface area contributed by atoms with Gasteiger partial charge in [0.2, 0.25) is 5.91 Å². The van der Waals surface area contributed by atoms with Gasteiger partial charge in [0.1, 0.15) is 0 Å². The number of carbonyl (C=O) groups is 2. The molecule has 1 unspecified atom stereocenters. The van der Waals surface area contributed by atoms with Gasteiger partial charge in [-0.25, -0.2) is 4.68 Å². The molecule has 2 aromatic rings. The first-order valence-corrected chi connectivity index (χ1v) is 10.1. The van der Waals surface area contributed by atoms with Crippen molar-refractivity contribution in [3.63, 3.8) is 0 Å². The third kappa shape index (κ3) is 4.31. The molecule has 0 spiro atoms. The standard InChI is InChI=1S/C21H27N5O2.ClH/c22-11-12-23-20(27)15-6-5-13-25(14-15)21(28)19-17-9-4-10-18(17)26(24-19)16-7-2-1-3-8-16;/h1-3,7-8,15H,4-6,9-14,22H2,(H,23,27);1H. The van der Waals surface area contributed by atoms with Crippen molar-refractivity contribution in [2.75, 3.05) is 26.2 Å². The number of carbonyl (C=O) groups excluding carboxylic acids is 2. The van der Waals surface area contributed by atoms with Gasteiger partial charge >= 0.3 is 0 Å². The lowest BCUT2D eigenvalue weighted by molar-refractivity contribution is -0.126. The second kappa shape index (κ2) is 9.41. The summed E-state index contributed by atoms with van der Waals surface area (Å²) in [4.78, 5) is 27.4. The van der Waals surface area contributed by atoms with Crippen molar-refractivity contribution < 1.29 is 9.59 Å². The first-order chi connectivity index (χ1) is 13.7. The molecule has 1 aliphatic heterocycles. The summed E-state index contributed by atoms with van der Waals surface area (Å²) in [5, 5.41) is 7.55. The van der Waals surface area contributed by atoms with Crippen LogP contribution in [-0.4, -0.2) is 52.7 Å². The van der Waals surface area contributed by atoms with E-state index in [2.05, 4.69) is 5.32 Å². The fourth-order valence-electron chi connectivity index (χ4n) is 4.26. The third-order valence-electron chi connectivity index (χ3n) is 5.66. The van der Waals surface area contributed by atoms with Gasteiger partial charge in [-0.05, 0) is 44.2 Å². The molecule has 8 heteroatoms. The fourth-order valence-corrected chi connectivity index (χ4v) is 4.26. The average molecular weight is 418 g/mol. The Hall–Kier alpha value is -2.38. The quantitative estimate of drug-likeness (QED) is 0.774. The molecule has 4 rings (SSSR count). The van der Waals surface area contributed by atoms with Crippen LogP contribution in [0.3, 0.4) is 0 Å². The van der Waals surface area contributed by atoms with E-state index in [-0.39, 0.29) is 30.1 Å². The lowest BCUT2D eigenvalue weighted by Crippen LogP contribution is -2.46. The number of nitrogens with one attached hydrogen (secondary N) is 1. The minimum atomic E-state index is -0.173. The summed E-state index contributed by atoms with van der Waals surface area (Å²) in [6.45, 7) is 2.01. The molecule has 1 saturated heterocycles. The van der Waals surface area contributed by atoms with E-state index < -0.39 is 0 Å². The number of halogens is 1. The van der Waals surface area contributed by atoms with Crippen molar-refractivity contribution in [3.05, 3.63) is 47.3 Å². The fraction of sp³-hybridized carbons (Fsp3) is 0.476. The van der Waals surface area contributed by atoms with Crippen LogP contribution in [0.4, 0.5) is 0 Å². The lowest BCUT2D eigenvalue weighted by atomic mass is 9.96. The van der Waals surface area contributed by atoms with Crippen LogP contribution in [0.2, 0.25) is 0 Å². The maximum absolute atomic E-state index is 13.3. The van der Waals surface area contributed by atoms with E-state index in [4.69, 9.17) is 10.8 Å². The monoisotopic (exact) mass is 417 g/mol. The second-order valence-electron chi connectivity index (χ2n) is 7.54. The normalized spacial score (nSPS) is 18.1. The number of nitrogens with zero attached hydrogens (tertiary/aromatic N) is 3. The van der Waals surface area contributed by atoms with Crippen LogP contribution in [-0.2, 0) is 17.6 Å².